The zero-order chi connectivity index (χ0) is 17.1. The summed E-state index contributed by atoms with van der Waals surface area (Å²) in [6.45, 7) is 0. The minimum atomic E-state index is 0.0241. The third-order valence-electron chi connectivity index (χ3n) is 4.52. The van der Waals surface area contributed by atoms with Gasteiger partial charge in [0.1, 0.15) is 0 Å². The van der Waals surface area contributed by atoms with Crippen LogP contribution in [0.3, 0.4) is 0 Å². The van der Waals surface area contributed by atoms with Crippen LogP contribution in [0.4, 0.5) is 0 Å². The van der Waals surface area contributed by atoms with Gasteiger partial charge >= 0.3 is 0 Å². The van der Waals surface area contributed by atoms with Crippen molar-refractivity contribution >= 4 is 29.0 Å². The molecular formula is C21H19NOS2. The minimum absolute atomic E-state index is 0.0241. The molecule has 0 bridgehead atoms. The molecule has 0 radical (unpaired) electrons. The fourth-order valence-corrected chi connectivity index (χ4v) is 5.09. The molecule has 1 aromatic heterocycles. The Morgan fingerprint density at radius 3 is 2.80 bits per heavy atom. The predicted octanol–water partition coefficient (Wildman–Crippen LogP) is 5.46. The van der Waals surface area contributed by atoms with E-state index in [0.717, 1.165) is 29.1 Å². The number of carbonyl (C=O) groups excluding carboxylic acids is 1. The summed E-state index contributed by atoms with van der Waals surface area (Å²) in [5, 5.41) is 5.32. The van der Waals surface area contributed by atoms with E-state index in [1.54, 1.807) is 23.1 Å². The van der Waals surface area contributed by atoms with Crippen molar-refractivity contribution in [2.24, 2.45) is 0 Å². The Hall–Kier alpha value is -2.04. The molecule has 0 aliphatic heterocycles. The highest BCUT2D eigenvalue weighted by molar-refractivity contribution is 7.98. The van der Waals surface area contributed by atoms with Crippen molar-refractivity contribution in [3.05, 3.63) is 87.6 Å². The van der Waals surface area contributed by atoms with E-state index in [2.05, 4.69) is 41.0 Å². The van der Waals surface area contributed by atoms with Crippen LogP contribution in [-0.4, -0.2) is 5.91 Å². The minimum Gasteiger partial charge on any atom is -0.345 e. The molecular weight excluding hydrogens is 346 g/mol. The highest BCUT2D eigenvalue weighted by atomic mass is 32.2. The van der Waals surface area contributed by atoms with E-state index in [4.69, 9.17) is 0 Å². The number of rotatable bonds is 5. The van der Waals surface area contributed by atoms with Crippen LogP contribution in [0, 0.1) is 0 Å². The number of fused-ring (bicyclic) bond motifs is 1. The zero-order valence-electron chi connectivity index (χ0n) is 13.8. The summed E-state index contributed by atoms with van der Waals surface area (Å²) in [7, 11) is 0. The molecule has 0 fully saturated rings. The fourth-order valence-electron chi connectivity index (χ4n) is 3.27. The molecule has 1 unspecified atom stereocenters. The monoisotopic (exact) mass is 365 g/mol. The third kappa shape index (κ3) is 3.65. The van der Waals surface area contributed by atoms with Gasteiger partial charge in [0.2, 0.25) is 0 Å². The van der Waals surface area contributed by atoms with E-state index in [-0.39, 0.29) is 11.9 Å². The molecule has 25 heavy (non-hydrogen) atoms. The van der Waals surface area contributed by atoms with Crippen LogP contribution in [0.2, 0.25) is 0 Å². The number of thioether (sulfide) groups is 1. The zero-order valence-corrected chi connectivity index (χ0v) is 15.4. The predicted molar refractivity (Wildman–Crippen MR) is 105 cm³/mol. The SMILES string of the molecule is O=C(NC1CCc2ccccc21)c1ccccc1SCc1cccs1. The summed E-state index contributed by atoms with van der Waals surface area (Å²) in [5.41, 5.74) is 3.39. The number of nitrogens with one attached hydrogen (secondary N) is 1. The Morgan fingerprint density at radius 2 is 1.92 bits per heavy atom. The lowest BCUT2D eigenvalue weighted by molar-refractivity contribution is 0.0934. The standard InChI is InChI=1S/C21H19NOS2/c23-21(22-19-12-11-15-6-1-2-8-17(15)19)18-9-3-4-10-20(18)25-14-16-7-5-13-24-16/h1-10,13,19H,11-12,14H2,(H,22,23). The average molecular weight is 366 g/mol. The lowest BCUT2D eigenvalue weighted by Crippen LogP contribution is -2.27. The molecule has 1 aliphatic carbocycles. The fraction of sp³-hybridized carbons (Fsp3) is 0.190. The van der Waals surface area contributed by atoms with Gasteiger partial charge in [0.05, 0.1) is 11.6 Å². The molecule has 2 nitrogen and oxygen atoms in total. The van der Waals surface area contributed by atoms with Crippen molar-refractivity contribution in [3.8, 4) is 0 Å². The van der Waals surface area contributed by atoms with Crippen LogP contribution >= 0.6 is 23.1 Å². The highest BCUT2D eigenvalue weighted by Gasteiger charge is 2.24. The van der Waals surface area contributed by atoms with Gasteiger partial charge in [0.25, 0.3) is 5.91 Å². The van der Waals surface area contributed by atoms with Gasteiger partial charge in [0, 0.05) is 15.5 Å². The summed E-state index contributed by atoms with van der Waals surface area (Å²) in [4.78, 5) is 15.2. The smallest absolute Gasteiger partial charge is 0.252 e. The number of hydrogen-bond acceptors (Lipinski definition) is 3. The first-order valence-corrected chi connectivity index (χ1v) is 10.3. The van der Waals surface area contributed by atoms with E-state index in [1.165, 1.54) is 16.0 Å². The lowest BCUT2D eigenvalue weighted by Gasteiger charge is -2.16. The van der Waals surface area contributed by atoms with Crippen LogP contribution in [0.15, 0.2) is 70.9 Å². The lowest BCUT2D eigenvalue weighted by atomic mass is 10.1. The second kappa shape index (κ2) is 7.46. The molecule has 1 N–H and O–H groups in total. The summed E-state index contributed by atoms with van der Waals surface area (Å²) in [6, 6.07) is 20.6. The van der Waals surface area contributed by atoms with Gasteiger partial charge in [-0.3, -0.25) is 4.79 Å². The Labute approximate surface area is 156 Å². The van der Waals surface area contributed by atoms with Crippen molar-refractivity contribution in [2.45, 2.75) is 29.5 Å². The maximum atomic E-state index is 12.9. The van der Waals surface area contributed by atoms with Crippen molar-refractivity contribution in [3.63, 3.8) is 0 Å². The Bertz CT molecular complexity index is 873. The molecule has 0 spiro atoms. The van der Waals surface area contributed by atoms with E-state index in [0.29, 0.717) is 0 Å². The molecule has 1 aliphatic rings. The highest BCUT2D eigenvalue weighted by Crippen LogP contribution is 2.32. The maximum Gasteiger partial charge on any atom is 0.252 e. The molecule has 4 rings (SSSR count). The topological polar surface area (TPSA) is 29.1 Å². The Balaban J connectivity index is 1.49. The summed E-state index contributed by atoms with van der Waals surface area (Å²) < 4.78 is 0. The van der Waals surface area contributed by atoms with Gasteiger partial charge in [-0.15, -0.1) is 23.1 Å². The molecule has 126 valence electrons. The summed E-state index contributed by atoms with van der Waals surface area (Å²) >= 11 is 3.48. The van der Waals surface area contributed by atoms with E-state index in [1.807, 2.05) is 30.3 Å². The molecule has 0 saturated carbocycles. The average Bonchev–Trinajstić information content (AvgIpc) is 3.30. The quantitative estimate of drug-likeness (QED) is 0.609. The van der Waals surface area contributed by atoms with Crippen molar-refractivity contribution in [2.75, 3.05) is 0 Å². The number of aryl methyl sites for hydroxylation is 1. The van der Waals surface area contributed by atoms with E-state index in [9.17, 15) is 4.79 Å². The molecule has 3 aromatic rings. The number of hydrogen-bond donors (Lipinski definition) is 1. The molecule has 1 atom stereocenters. The molecule has 1 amide bonds. The largest absolute Gasteiger partial charge is 0.345 e. The van der Waals surface area contributed by atoms with Crippen LogP contribution in [-0.2, 0) is 12.2 Å². The first kappa shape index (κ1) is 16.4. The number of amides is 1. The van der Waals surface area contributed by atoms with Crippen molar-refractivity contribution < 1.29 is 4.79 Å². The molecule has 0 saturated heterocycles. The van der Waals surface area contributed by atoms with Gasteiger partial charge in [0.15, 0.2) is 0 Å². The first-order valence-electron chi connectivity index (χ1n) is 8.44. The Kier molecular flexibility index (Phi) is 4.90. The van der Waals surface area contributed by atoms with Crippen LogP contribution in [0.1, 0.15) is 38.8 Å². The van der Waals surface area contributed by atoms with Crippen LogP contribution in [0.5, 0.6) is 0 Å². The number of carbonyl (C=O) groups is 1. The molecule has 4 heteroatoms. The second-order valence-electron chi connectivity index (χ2n) is 6.13. The summed E-state index contributed by atoms with van der Waals surface area (Å²) in [6.07, 6.45) is 2.02. The molecule has 1 heterocycles. The van der Waals surface area contributed by atoms with Crippen molar-refractivity contribution in [1.29, 1.82) is 0 Å². The second-order valence-corrected chi connectivity index (χ2v) is 8.18. The summed E-state index contributed by atoms with van der Waals surface area (Å²) in [5.74, 6) is 0.921. The van der Waals surface area contributed by atoms with Crippen molar-refractivity contribution in [1.82, 2.24) is 5.32 Å². The van der Waals surface area contributed by atoms with Crippen LogP contribution in [0.25, 0.3) is 0 Å². The van der Waals surface area contributed by atoms with Gasteiger partial charge in [-0.2, -0.15) is 0 Å². The van der Waals surface area contributed by atoms with Gasteiger partial charge in [-0.1, -0.05) is 42.5 Å². The first-order chi connectivity index (χ1) is 12.3. The van der Waals surface area contributed by atoms with Gasteiger partial charge in [-0.25, -0.2) is 0 Å². The molecule has 2 aromatic carbocycles. The third-order valence-corrected chi connectivity index (χ3v) is 6.70. The van der Waals surface area contributed by atoms with Gasteiger partial charge < -0.3 is 5.32 Å². The number of thiophene rings is 1. The van der Waals surface area contributed by atoms with Gasteiger partial charge in [-0.05, 0) is 47.5 Å². The van der Waals surface area contributed by atoms with E-state index < -0.39 is 0 Å². The van der Waals surface area contributed by atoms with Crippen LogP contribution < -0.4 is 5.32 Å². The maximum absolute atomic E-state index is 12.9. The normalized spacial score (nSPS) is 15.8. The van der Waals surface area contributed by atoms with E-state index >= 15 is 0 Å². The Morgan fingerprint density at radius 1 is 1.08 bits per heavy atom. The number of benzene rings is 2.